The van der Waals surface area contributed by atoms with Gasteiger partial charge in [0.15, 0.2) is 11.8 Å². The first-order valence-electron chi connectivity index (χ1n) is 8.50. The Balaban J connectivity index is 2.02. The van der Waals surface area contributed by atoms with Gasteiger partial charge in [0.05, 0.1) is 9.92 Å². The van der Waals surface area contributed by atoms with Crippen molar-refractivity contribution in [3.63, 3.8) is 0 Å². The van der Waals surface area contributed by atoms with E-state index in [-0.39, 0.29) is 16.7 Å². The van der Waals surface area contributed by atoms with E-state index in [4.69, 9.17) is 23.1 Å². The number of sulfonamides is 1. The number of aliphatic imine (C=N–C) groups is 1. The third-order valence-corrected chi connectivity index (χ3v) is 6.74. The zero-order valence-electron chi connectivity index (χ0n) is 15.2. The summed E-state index contributed by atoms with van der Waals surface area (Å²) in [7, 11) is -1.71. The highest BCUT2D eigenvalue weighted by Crippen LogP contribution is 2.32. The number of likely N-dealkylation sites (tertiary alicyclic amines) is 1. The van der Waals surface area contributed by atoms with Crippen LogP contribution in [0, 0.1) is 0 Å². The maximum atomic E-state index is 13.0. The summed E-state index contributed by atoms with van der Waals surface area (Å²) in [6.07, 6.45) is 2.91. The average Bonchev–Trinajstić information content (AvgIpc) is 2.59. The monoisotopic (exact) mass is 410 g/mol. The van der Waals surface area contributed by atoms with Crippen LogP contribution in [-0.4, -0.2) is 49.9 Å². The van der Waals surface area contributed by atoms with Gasteiger partial charge >= 0.3 is 0 Å². The van der Waals surface area contributed by atoms with Crippen LogP contribution in [0.3, 0.4) is 0 Å². The van der Waals surface area contributed by atoms with Crippen molar-refractivity contribution in [1.29, 1.82) is 0 Å². The molecule has 0 saturated carbocycles. The number of guanidine groups is 1. The van der Waals surface area contributed by atoms with E-state index >= 15 is 0 Å². The number of nitrogens with two attached hydrogens (primary N) is 2. The Morgan fingerprint density at radius 2 is 1.96 bits per heavy atom. The predicted octanol–water partition coefficient (Wildman–Crippen LogP) is 1.56. The zero-order chi connectivity index (χ0) is 19.8. The fourth-order valence-corrected chi connectivity index (χ4v) is 4.85. The van der Waals surface area contributed by atoms with Crippen molar-refractivity contribution in [1.82, 2.24) is 14.6 Å². The Bertz CT molecular complexity index is 996. The minimum Gasteiger partial charge on any atom is -0.370 e. The van der Waals surface area contributed by atoms with Crippen molar-refractivity contribution >= 4 is 44.2 Å². The van der Waals surface area contributed by atoms with Gasteiger partial charge < -0.3 is 16.4 Å². The van der Waals surface area contributed by atoms with E-state index in [1.165, 1.54) is 18.3 Å². The molecule has 0 amide bonds. The molecule has 0 unspecified atom stereocenters. The normalized spacial score (nSPS) is 17.7. The van der Waals surface area contributed by atoms with Gasteiger partial charge in [-0.1, -0.05) is 17.7 Å². The number of rotatable bonds is 4. The van der Waals surface area contributed by atoms with Gasteiger partial charge in [0, 0.05) is 22.5 Å². The summed E-state index contributed by atoms with van der Waals surface area (Å²) in [4.78, 5) is 10.4. The number of fused-ring (bicyclic) bond motifs is 1. The lowest BCUT2D eigenvalue weighted by Gasteiger charge is -2.38. The van der Waals surface area contributed by atoms with Gasteiger partial charge in [-0.2, -0.15) is 4.99 Å². The molecule has 1 aromatic carbocycles. The first-order valence-corrected chi connectivity index (χ1v) is 10.4. The van der Waals surface area contributed by atoms with Gasteiger partial charge in [-0.15, -0.1) is 0 Å². The summed E-state index contributed by atoms with van der Waals surface area (Å²) in [6.45, 7) is 3.61. The number of benzene rings is 1. The quantitative estimate of drug-likeness (QED) is 0.518. The Morgan fingerprint density at radius 3 is 2.59 bits per heavy atom. The van der Waals surface area contributed by atoms with Crippen molar-refractivity contribution in [3.8, 4) is 0 Å². The summed E-state index contributed by atoms with van der Waals surface area (Å²) in [5.41, 5.74) is 10.4. The van der Waals surface area contributed by atoms with Crippen LogP contribution in [0.25, 0.3) is 10.8 Å². The molecule has 27 heavy (non-hydrogen) atoms. The fraction of sp³-hybridized carbons (Fsp3) is 0.412. The van der Waals surface area contributed by atoms with Gasteiger partial charge in [-0.05, 0) is 52.0 Å². The van der Waals surface area contributed by atoms with E-state index in [0.29, 0.717) is 15.8 Å². The molecular weight excluding hydrogens is 388 g/mol. The van der Waals surface area contributed by atoms with E-state index in [1.807, 2.05) is 14.0 Å². The lowest BCUT2D eigenvalue weighted by Crippen LogP contribution is -2.52. The molecule has 1 aliphatic rings. The van der Waals surface area contributed by atoms with Crippen molar-refractivity contribution in [2.75, 3.05) is 20.1 Å². The van der Waals surface area contributed by atoms with Crippen LogP contribution in [-0.2, 0) is 10.0 Å². The minimum atomic E-state index is -3.74. The zero-order valence-corrected chi connectivity index (χ0v) is 16.8. The molecule has 146 valence electrons. The Morgan fingerprint density at radius 1 is 1.30 bits per heavy atom. The lowest BCUT2D eigenvalue weighted by molar-refractivity contribution is 0.190. The van der Waals surface area contributed by atoms with E-state index in [1.54, 1.807) is 6.07 Å². The molecule has 1 saturated heterocycles. The third kappa shape index (κ3) is 4.32. The maximum Gasteiger partial charge on any atom is 0.241 e. The highest BCUT2D eigenvalue weighted by Gasteiger charge is 2.33. The molecule has 2 aromatic rings. The van der Waals surface area contributed by atoms with Crippen LogP contribution in [0.1, 0.15) is 19.8 Å². The van der Waals surface area contributed by atoms with Crippen LogP contribution >= 0.6 is 11.6 Å². The fourth-order valence-electron chi connectivity index (χ4n) is 3.15. The number of aromatic nitrogens is 1. The molecule has 1 aromatic heterocycles. The number of halogens is 1. The second kappa shape index (κ2) is 7.23. The number of nitrogens with zero attached hydrogens (tertiary/aromatic N) is 3. The first-order chi connectivity index (χ1) is 12.6. The molecule has 5 N–H and O–H groups in total. The third-order valence-electron chi connectivity index (χ3n) is 4.81. The SMILES string of the molecule is CN1CCC(C)(NS(=O)(=O)c2ccc3c(Cl)cnc(N=C(N)N)c3c2)CC1. The maximum absolute atomic E-state index is 13.0. The number of piperidine rings is 1. The summed E-state index contributed by atoms with van der Waals surface area (Å²) >= 11 is 6.18. The van der Waals surface area contributed by atoms with Crippen molar-refractivity contribution in [3.05, 3.63) is 29.4 Å². The van der Waals surface area contributed by atoms with E-state index in [2.05, 4.69) is 19.6 Å². The largest absolute Gasteiger partial charge is 0.370 e. The van der Waals surface area contributed by atoms with Crippen LogP contribution < -0.4 is 16.2 Å². The summed E-state index contributed by atoms with van der Waals surface area (Å²) in [5.74, 6) is 0.0493. The molecule has 0 bridgehead atoms. The van der Waals surface area contributed by atoms with Gasteiger partial charge in [0.1, 0.15) is 0 Å². The van der Waals surface area contributed by atoms with E-state index in [0.717, 1.165) is 25.9 Å². The highest BCUT2D eigenvalue weighted by molar-refractivity contribution is 7.89. The Labute approximate surface area is 163 Å². The van der Waals surface area contributed by atoms with Gasteiger partial charge in [0.2, 0.25) is 10.0 Å². The second-order valence-corrected chi connectivity index (χ2v) is 9.23. The number of nitrogens with one attached hydrogen (secondary N) is 1. The molecule has 0 aliphatic carbocycles. The number of pyridine rings is 1. The molecule has 10 heteroatoms. The summed E-state index contributed by atoms with van der Waals surface area (Å²) in [6, 6.07) is 4.65. The number of hydrogen-bond acceptors (Lipinski definition) is 5. The highest BCUT2D eigenvalue weighted by atomic mass is 35.5. The van der Waals surface area contributed by atoms with Gasteiger partial charge in [0.25, 0.3) is 0 Å². The van der Waals surface area contributed by atoms with E-state index < -0.39 is 15.6 Å². The number of hydrogen-bond donors (Lipinski definition) is 3. The van der Waals surface area contributed by atoms with Crippen molar-refractivity contribution in [2.45, 2.75) is 30.2 Å². The lowest BCUT2D eigenvalue weighted by atomic mass is 9.91. The molecular formula is C17H23ClN6O2S. The van der Waals surface area contributed by atoms with Crippen LogP contribution in [0.2, 0.25) is 5.02 Å². The molecule has 1 aliphatic heterocycles. The van der Waals surface area contributed by atoms with Crippen LogP contribution in [0.4, 0.5) is 5.82 Å². The van der Waals surface area contributed by atoms with Gasteiger partial charge in [-0.3, -0.25) is 0 Å². The predicted molar refractivity (Wildman–Crippen MR) is 108 cm³/mol. The summed E-state index contributed by atoms with van der Waals surface area (Å²) < 4.78 is 28.8. The van der Waals surface area contributed by atoms with Crippen molar-refractivity contribution < 1.29 is 8.42 Å². The van der Waals surface area contributed by atoms with Crippen molar-refractivity contribution in [2.24, 2.45) is 16.5 Å². The molecule has 2 heterocycles. The molecule has 0 spiro atoms. The van der Waals surface area contributed by atoms with Gasteiger partial charge in [-0.25, -0.2) is 18.1 Å². The smallest absolute Gasteiger partial charge is 0.241 e. The Hall–Kier alpha value is -1.94. The topological polar surface area (TPSA) is 127 Å². The van der Waals surface area contributed by atoms with Crippen LogP contribution in [0.5, 0.6) is 0 Å². The van der Waals surface area contributed by atoms with Crippen LogP contribution in [0.15, 0.2) is 34.3 Å². The Kier molecular flexibility index (Phi) is 5.31. The second-order valence-electron chi connectivity index (χ2n) is 7.14. The summed E-state index contributed by atoms with van der Waals surface area (Å²) in [5, 5.41) is 1.47. The standard InChI is InChI=1S/C17H23ClN6O2S/c1-17(5-7-24(2)8-6-17)23-27(25,26)11-3-4-12-13(9-11)15(22-16(19)20)21-10-14(12)18/h3-4,9-10,23H,5-8H2,1-2H3,(H4,19,20,21,22). The molecule has 0 atom stereocenters. The average molecular weight is 411 g/mol. The molecule has 0 radical (unpaired) electrons. The minimum absolute atomic E-state index is 0.117. The first kappa shape index (κ1) is 19.8. The molecule has 3 rings (SSSR count). The molecule has 1 fully saturated rings. The molecule has 8 nitrogen and oxygen atoms in total. The van der Waals surface area contributed by atoms with E-state index in [9.17, 15) is 8.42 Å².